The molecule has 0 spiro atoms. The minimum Gasteiger partial charge on any atom is -0.467 e. The molecule has 1 atom stereocenters. The van der Waals surface area contributed by atoms with Gasteiger partial charge < -0.3 is 4.74 Å². The Morgan fingerprint density at radius 2 is 2.27 bits per heavy atom. The molecule has 0 aliphatic carbocycles. The van der Waals surface area contributed by atoms with Gasteiger partial charge in [-0.15, -0.1) is 6.42 Å². The number of carbonyl (C=O) groups is 1. The molecule has 0 bridgehead atoms. The maximum atomic E-state index is 14.0. The Labute approximate surface area is 89.6 Å². The first-order valence-corrected chi connectivity index (χ1v) is 4.86. The van der Waals surface area contributed by atoms with E-state index in [0.717, 1.165) is 0 Å². The van der Waals surface area contributed by atoms with E-state index in [9.17, 15) is 9.18 Å². The van der Waals surface area contributed by atoms with Gasteiger partial charge >= 0.3 is 5.97 Å². The van der Waals surface area contributed by atoms with Crippen LogP contribution in [0.1, 0.15) is 20.3 Å². The summed E-state index contributed by atoms with van der Waals surface area (Å²) in [6.07, 6.45) is 5.50. The van der Waals surface area contributed by atoms with Crippen LogP contribution in [0, 0.1) is 12.3 Å². The van der Waals surface area contributed by atoms with Crippen LogP contribution in [-0.4, -0.2) is 42.3 Å². The van der Waals surface area contributed by atoms with Gasteiger partial charge in [-0.1, -0.05) is 5.92 Å². The van der Waals surface area contributed by atoms with Gasteiger partial charge in [0.15, 0.2) is 0 Å². The Hall–Kier alpha value is -1.08. The second-order valence-corrected chi connectivity index (χ2v) is 4.33. The summed E-state index contributed by atoms with van der Waals surface area (Å²) in [6, 6.07) is 0. The highest BCUT2D eigenvalue weighted by molar-refractivity contribution is 5.80. The number of esters is 1. The summed E-state index contributed by atoms with van der Waals surface area (Å²) in [6.45, 7) is 4.14. The second-order valence-electron chi connectivity index (χ2n) is 4.33. The lowest BCUT2D eigenvalue weighted by Crippen LogP contribution is -2.45. The van der Waals surface area contributed by atoms with Crippen LogP contribution in [0.4, 0.5) is 4.39 Å². The second kappa shape index (κ2) is 3.82. The Kier molecular flexibility index (Phi) is 3.05. The van der Waals surface area contributed by atoms with Gasteiger partial charge in [-0.2, -0.15) is 0 Å². The zero-order valence-electron chi connectivity index (χ0n) is 9.34. The van der Waals surface area contributed by atoms with Gasteiger partial charge in [-0.05, 0) is 13.8 Å². The van der Waals surface area contributed by atoms with E-state index in [0.29, 0.717) is 6.54 Å². The molecule has 1 aliphatic heterocycles. The predicted octanol–water partition coefficient (Wildman–Crippen LogP) is 0.985. The van der Waals surface area contributed by atoms with Crippen molar-refractivity contribution in [3.05, 3.63) is 0 Å². The number of terminal acetylenes is 1. The molecule has 0 radical (unpaired) electrons. The molecule has 1 unspecified atom stereocenters. The third-order valence-electron chi connectivity index (χ3n) is 2.91. The van der Waals surface area contributed by atoms with Crippen LogP contribution in [0.3, 0.4) is 0 Å². The van der Waals surface area contributed by atoms with Crippen LogP contribution in [0.5, 0.6) is 0 Å². The van der Waals surface area contributed by atoms with E-state index in [-0.39, 0.29) is 13.0 Å². The number of ether oxygens (including phenoxy) is 1. The molecule has 84 valence electrons. The summed E-state index contributed by atoms with van der Waals surface area (Å²) in [5.74, 6) is 1.78. The van der Waals surface area contributed by atoms with Crippen molar-refractivity contribution in [2.75, 3.05) is 20.2 Å². The number of likely N-dealkylation sites (tertiary alicyclic amines) is 1. The molecule has 0 N–H and O–H groups in total. The van der Waals surface area contributed by atoms with Crippen LogP contribution in [0.25, 0.3) is 0 Å². The molecular formula is C11H16FNO2. The lowest BCUT2D eigenvalue weighted by Gasteiger charge is -2.30. The Bertz CT molecular complexity index is 308. The van der Waals surface area contributed by atoms with E-state index >= 15 is 0 Å². The van der Waals surface area contributed by atoms with Gasteiger partial charge in [0.25, 0.3) is 0 Å². The summed E-state index contributed by atoms with van der Waals surface area (Å²) in [5.41, 5.74) is -2.43. The molecule has 0 amide bonds. The molecule has 1 saturated heterocycles. The van der Waals surface area contributed by atoms with Crippen LogP contribution in [-0.2, 0) is 9.53 Å². The highest BCUT2D eigenvalue weighted by Crippen LogP contribution is 2.31. The average molecular weight is 213 g/mol. The molecule has 0 saturated carbocycles. The number of rotatable bonds is 2. The number of methoxy groups -OCH3 is 1. The first-order valence-electron chi connectivity index (χ1n) is 4.86. The molecule has 1 rings (SSSR count). The monoisotopic (exact) mass is 213 g/mol. The third-order valence-corrected chi connectivity index (χ3v) is 2.91. The normalized spacial score (nSPS) is 27.4. The van der Waals surface area contributed by atoms with Crippen molar-refractivity contribution in [2.24, 2.45) is 0 Å². The van der Waals surface area contributed by atoms with Crippen molar-refractivity contribution in [1.82, 2.24) is 4.90 Å². The first kappa shape index (κ1) is 12.0. The predicted molar refractivity (Wildman–Crippen MR) is 55.0 cm³/mol. The molecule has 4 heteroatoms. The van der Waals surface area contributed by atoms with Crippen molar-refractivity contribution in [3.63, 3.8) is 0 Å². The summed E-state index contributed by atoms with van der Waals surface area (Å²) >= 11 is 0. The van der Waals surface area contributed by atoms with Crippen LogP contribution >= 0.6 is 0 Å². The topological polar surface area (TPSA) is 29.5 Å². The summed E-state index contributed by atoms with van der Waals surface area (Å²) in [7, 11) is 1.19. The summed E-state index contributed by atoms with van der Waals surface area (Å²) in [4.78, 5) is 13.0. The largest absolute Gasteiger partial charge is 0.467 e. The van der Waals surface area contributed by atoms with E-state index in [2.05, 4.69) is 10.7 Å². The fraction of sp³-hybridized carbons (Fsp3) is 0.727. The average Bonchev–Trinajstić information content (AvgIpc) is 2.61. The fourth-order valence-electron chi connectivity index (χ4n) is 1.69. The molecule has 3 nitrogen and oxygen atoms in total. The lowest BCUT2D eigenvalue weighted by molar-refractivity contribution is -0.153. The number of halogens is 1. The highest BCUT2D eigenvalue weighted by atomic mass is 19.1. The molecular weight excluding hydrogens is 197 g/mol. The number of hydrogen-bond donors (Lipinski definition) is 0. The molecule has 0 aromatic carbocycles. The molecule has 1 aliphatic rings. The minimum absolute atomic E-state index is 0.0108. The number of carbonyl (C=O) groups excluding carboxylic acids is 1. The third kappa shape index (κ3) is 2.13. The fourth-order valence-corrected chi connectivity index (χ4v) is 1.69. The molecule has 0 aromatic heterocycles. The van der Waals surface area contributed by atoms with Gasteiger partial charge in [-0.3, -0.25) is 4.90 Å². The summed E-state index contributed by atoms with van der Waals surface area (Å²) in [5, 5.41) is 0. The van der Waals surface area contributed by atoms with Crippen molar-refractivity contribution in [1.29, 1.82) is 0 Å². The minimum atomic E-state index is -1.90. The van der Waals surface area contributed by atoms with Gasteiger partial charge in [0, 0.05) is 19.5 Å². The Balaban J connectivity index is 2.76. The van der Waals surface area contributed by atoms with Gasteiger partial charge in [0.1, 0.15) is 0 Å². The molecule has 1 fully saturated rings. The van der Waals surface area contributed by atoms with Crippen molar-refractivity contribution >= 4 is 5.97 Å². The molecule has 1 heterocycles. The highest BCUT2D eigenvalue weighted by Gasteiger charge is 2.49. The van der Waals surface area contributed by atoms with Crippen molar-refractivity contribution < 1.29 is 13.9 Å². The van der Waals surface area contributed by atoms with Gasteiger partial charge in [-0.25, -0.2) is 9.18 Å². The molecule has 15 heavy (non-hydrogen) atoms. The number of nitrogens with zero attached hydrogens (tertiary/aromatic N) is 1. The summed E-state index contributed by atoms with van der Waals surface area (Å²) < 4.78 is 18.5. The lowest BCUT2D eigenvalue weighted by atomic mass is 10.0. The van der Waals surface area contributed by atoms with E-state index in [4.69, 9.17) is 6.42 Å². The van der Waals surface area contributed by atoms with Gasteiger partial charge in [0.05, 0.1) is 12.6 Å². The SMILES string of the molecule is C#CC(C)(C)N1CCC(F)(C(=O)OC)C1. The number of alkyl halides is 1. The van der Waals surface area contributed by atoms with E-state index in [1.54, 1.807) is 4.90 Å². The molecule has 0 aromatic rings. The quantitative estimate of drug-likeness (QED) is 0.506. The van der Waals surface area contributed by atoms with Crippen molar-refractivity contribution in [3.8, 4) is 12.3 Å². The van der Waals surface area contributed by atoms with E-state index < -0.39 is 17.2 Å². The van der Waals surface area contributed by atoms with Crippen LogP contribution in [0.2, 0.25) is 0 Å². The number of hydrogen-bond acceptors (Lipinski definition) is 3. The van der Waals surface area contributed by atoms with Crippen LogP contribution < -0.4 is 0 Å². The van der Waals surface area contributed by atoms with Gasteiger partial charge in [0.2, 0.25) is 5.67 Å². The smallest absolute Gasteiger partial charge is 0.345 e. The standard InChI is InChI=1S/C11H16FNO2/c1-5-10(2,3)13-7-6-11(12,8-13)9(14)15-4/h1H,6-8H2,2-4H3. The van der Waals surface area contributed by atoms with Crippen LogP contribution in [0.15, 0.2) is 0 Å². The maximum absolute atomic E-state index is 14.0. The zero-order valence-corrected chi connectivity index (χ0v) is 9.34. The Morgan fingerprint density at radius 3 is 2.73 bits per heavy atom. The van der Waals surface area contributed by atoms with Crippen molar-refractivity contribution in [2.45, 2.75) is 31.5 Å². The van der Waals surface area contributed by atoms with E-state index in [1.165, 1.54) is 7.11 Å². The van der Waals surface area contributed by atoms with E-state index in [1.807, 2.05) is 13.8 Å². The maximum Gasteiger partial charge on any atom is 0.345 e. The Morgan fingerprint density at radius 1 is 1.67 bits per heavy atom. The first-order chi connectivity index (χ1) is 6.85. The zero-order chi connectivity index (χ0) is 11.7.